The van der Waals surface area contributed by atoms with Gasteiger partial charge in [0.15, 0.2) is 0 Å². The highest BCUT2D eigenvalue weighted by molar-refractivity contribution is 8.02. The molecule has 0 bridgehead atoms. The molecule has 0 fully saturated rings. The molecule has 2 nitrogen and oxygen atoms in total. The summed E-state index contributed by atoms with van der Waals surface area (Å²) in [6.07, 6.45) is 6.50. The summed E-state index contributed by atoms with van der Waals surface area (Å²) in [5.74, 6) is 0.968. The van der Waals surface area contributed by atoms with Crippen molar-refractivity contribution in [1.29, 1.82) is 0 Å². The maximum absolute atomic E-state index is 6.41. The zero-order valence-corrected chi connectivity index (χ0v) is 14.5. The van der Waals surface area contributed by atoms with Crippen molar-refractivity contribution in [1.82, 2.24) is 5.32 Å². The van der Waals surface area contributed by atoms with E-state index in [1.54, 1.807) is 11.8 Å². The van der Waals surface area contributed by atoms with Crippen LogP contribution in [0.15, 0.2) is 53.4 Å². The molecule has 0 saturated carbocycles. The van der Waals surface area contributed by atoms with Gasteiger partial charge >= 0.3 is 0 Å². The molecule has 0 spiro atoms. The predicted octanol–water partition coefficient (Wildman–Crippen LogP) is 4.85. The highest BCUT2D eigenvalue weighted by Crippen LogP contribution is 2.30. The van der Waals surface area contributed by atoms with Crippen molar-refractivity contribution in [2.45, 2.75) is 25.9 Å². The van der Waals surface area contributed by atoms with Gasteiger partial charge in [-0.05, 0) is 37.7 Å². The number of ether oxygens (including phenoxy) is 1. The summed E-state index contributed by atoms with van der Waals surface area (Å²) in [4.78, 5) is 1.31. The molecule has 1 N–H and O–H groups in total. The molecule has 0 radical (unpaired) electrons. The SMILES string of the molecule is CC/C=C(\SC)C(CCNC)Oc1cccc2ccccc12. The number of rotatable bonds is 8. The van der Waals surface area contributed by atoms with Crippen LogP contribution in [-0.2, 0) is 0 Å². The average Bonchev–Trinajstić information content (AvgIpc) is 2.57. The van der Waals surface area contributed by atoms with Gasteiger partial charge in [0.05, 0.1) is 0 Å². The second-order valence-electron chi connectivity index (χ2n) is 5.19. The van der Waals surface area contributed by atoms with Crippen molar-refractivity contribution < 1.29 is 4.74 Å². The summed E-state index contributed by atoms with van der Waals surface area (Å²) in [7, 11) is 1.98. The van der Waals surface area contributed by atoms with Crippen LogP contribution >= 0.6 is 11.8 Å². The normalized spacial score (nSPS) is 13.3. The Morgan fingerprint density at radius 2 is 2.00 bits per heavy atom. The van der Waals surface area contributed by atoms with Gasteiger partial charge in [0.1, 0.15) is 11.9 Å². The Morgan fingerprint density at radius 1 is 1.23 bits per heavy atom. The second kappa shape index (κ2) is 8.86. The molecule has 118 valence electrons. The Kier molecular flexibility index (Phi) is 6.81. The topological polar surface area (TPSA) is 21.3 Å². The molecule has 22 heavy (non-hydrogen) atoms. The van der Waals surface area contributed by atoms with Gasteiger partial charge in [-0.2, -0.15) is 0 Å². The summed E-state index contributed by atoms with van der Waals surface area (Å²) in [6.45, 7) is 3.11. The molecule has 0 aliphatic heterocycles. The Labute approximate surface area is 137 Å². The summed E-state index contributed by atoms with van der Waals surface area (Å²) in [5, 5.41) is 5.62. The van der Waals surface area contributed by atoms with E-state index in [0.29, 0.717) is 0 Å². The van der Waals surface area contributed by atoms with E-state index >= 15 is 0 Å². The van der Waals surface area contributed by atoms with E-state index < -0.39 is 0 Å². The zero-order valence-electron chi connectivity index (χ0n) is 13.6. The molecular formula is C19H25NOS. The predicted molar refractivity (Wildman–Crippen MR) is 98.8 cm³/mol. The minimum absolute atomic E-state index is 0.105. The largest absolute Gasteiger partial charge is 0.485 e. The molecule has 3 heteroatoms. The van der Waals surface area contributed by atoms with Crippen molar-refractivity contribution in [3.8, 4) is 5.75 Å². The first-order valence-electron chi connectivity index (χ1n) is 7.83. The number of nitrogens with one attached hydrogen (secondary N) is 1. The molecule has 0 heterocycles. The number of benzene rings is 2. The molecule has 0 amide bonds. The molecule has 1 atom stereocenters. The van der Waals surface area contributed by atoms with Crippen LogP contribution in [-0.4, -0.2) is 26.0 Å². The van der Waals surface area contributed by atoms with Crippen LogP contribution in [0.1, 0.15) is 19.8 Å². The lowest BCUT2D eigenvalue weighted by Crippen LogP contribution is -2.23. The van der Waals surface area contributed by atoms with Crippen LogP contribution in [0.25, 0.3) is 10.8 Å². The molecule has 1 unspecified atom stereocenters. The number of thioether (sulfide) groups is 1. The van der Waals surface area contributed by atoms with Crippen LogP contribution in [0.5, 0.6) is 5.75 Å². The lowest BCUT2D eigenvalue weighted by Gasteiger charge is -2.22. The lowest BCUT2D eigenvalue weighted by molar-refractivity contribution is 0.237. The van der Waals surface area contributed by atoms with Crippen LogP contribution in [0.4, 0.5) is 0 Å². The summed E-state index contributed by atoms with van der Waals surface area (Å²) >= 11 is 1.79. The summed E-state index contributed by atoms with van der Waals surface area (Å²) in [5.41, 5.74) is 0. The summed E-state index contributed by atoms with van der Waals surface area (Å²) in [6, 6.07) is 14.6. The van der Waals surface area contributed by atoms with Crippen molar-refractivity contribution in [2.24, 2.45) is 0 Å². The van der Waals surface area contributed by atoms with Crippen LogP contribution in [0.2, 0.25) is 0 Å². The van der Waals surface area contributed by atoms with Gasteiger partial charge in [-0.25, -0.2) is 0 Å². The van der Waals surface area contributed by atoms with Gasteiger partial charge in [0.2, 0.25) is 0 Å². The van der Waals surface area contributed by atoms with Crippen molar-refractivity contribution in [3.63, 3.8) is 0 Å². The van der Waals surface area contributed by atoms with Crippen molar-refractivity contribution in [3.05, 3.63) is 53.4 Å². The minimum atomic E-state index is 0.105. The fraction of sp³-hybridized carbons (Fsp3) is 0.368. The van der Waals surface area contributed by atoms with Crippen LogP contribution < -0.4 is 10.1 Å². The second-order valence-corrected chi connectivity index (χ2v) is 6.07. The van der Waals surface area contributed by atoms with Gasteiger partial charge in [-0.3, -0.25) is 0 Å². The van der Waals surface area contributed by atoms with Gasteiger partial charge in [-0.15, -0.1) is 11.8 Å². The van der Waals surface area contributed by atoms with Crippen LogP contribution in [0.3, 0.4) is 0 Å². The van der Waals surface area contributed by atoms with Gasteiger partial charge in [0.25, 0.3) is 0 Å². The molecule has 2 aromatic rings. The quantitative estimate of drug-likeness (QED) is 0.752. The standard InChI is InChI=1S/C19H25NOS/c1-4-8-19(22-3)18(13-14-20-2)21-17-12-7-10-15-9-5-6-11-16(15)17/h5-12,18,20H,4,13-14H2,1-3H3/b19-8-. The van der Waals surface area contributed by atoms with Crippen LogP contribution in [0, 0.1) is 0 Å². The Bertz CT molecular complexity index is 618. The molecule has 0 saturated heterocycles. The minimum Gasteiger partial charge on any atom is -0.485 e. The maximum Gasteiger partial charge on any atom is 0.130 e. The monoisotopic (exact) mass is 315 g/mol. The van der Waals surface area contributed by atoms with Gasteiger partial charge < -0.3 is 10.1 Å². The average molecular weight is 315 g/mol. The van der Waals surface area contributed by atoms with E-state index in [9.17, 15) is 0 Å². The van der Waals surface area contributed by atoms with E-state index in [1.807, 2.05) is 7.05 Å². The van der Waals surface area contributed by atoms with E-state index in [2.05, 4.69) is 67.0 Å². The first kappa shape index (κ1) is 16.9. The van der Waals surface area contributed by atoms with Crippen molar-refractivity contribution in [2.75, 3.05) is 19.8 Å². The smallest absolute Gasteiger partial charge is 0.130 e. The fourth-order valence-corrected chi connectivity index (χ4v) is 3.30. The van der Waals surface area contributed by atoms with Gasteiger partial charge in [-0.1, -0.05) is 49.4 Å². The highest BCUT2D eigenvalue weighted by atomic mass is 32.2. The molecular weight excluding hydrogens is 290 g/mol. The zero-order chi connectivity index (χ0) is 15.8. The number of hydrogen-bond acceptors (Lipinski definition) is 3. The third-order valence-electron chi connectivity index (χ3n) is 3.63. The number of fused-ring (bicyclic) bond motifs is 1. The molecule has 0 aliphatic rings. The first-order valence-corrected chi connectivity index (χ1v) is 9.05. The Hall–Kier alpha value is -1.45. The maximum atomic E-state index is 6.41. The third kappa shape index (κ3) is 4.28. The van der Waals surface area contributed by atoms with E-state index in [-0.39, 0.29) is 6.10 Å². The van der Waals surface area contributed by atoms with E-state index in [4.69, 9.17) is 4.74 Å². The molecule has 2 rings (SSSR count). The molecule has 0 aliphatic carbocycles. The highest BCUT2D eigenvalue weighted by Gasteiger charge is 2.16. The molecule has 0 aromatic heterocycles. The van der Waals surface area contributed by atoms with E-state index in [0.717, 1.165) is 25.1 Å². The Balaban J connectivity index is 2.30. The summed E-state index contributed by atoms with van der Waals surface area (Å²) < 4.78 is 6.41. The Morgan fingerprint density at radius 3 is 2.73 bits per heavy atom. The number of hydrogen-bond donors (Lipinski definition) is 1. The third-order valence-corrected chi connectivity index (χ3v) is 4.53. The molecule has 2 aromatic carbocycles. The number of allylic oxidation sites excluding steroid dienone is 1. The fourth-order valence-electron chi connectivity index (χ4n) is 2.53. The first-order chi connectivity index (χ1) is 10.8. The van der Waals surface area contributed by atoms with Gasteiger partial charge in [0, 0.05) is 16.7 Å². The van der Waals surface area contributed by atoms with E-state index in [1.165, 1.54) is 15.7 Å². The lowest BCUT2D eigenvalue weighted by atomic mass is 10.1. The van der Waals surface area contributed by atoms with Crippen molar-refractivity contribution >= 4 is 22.5 Å².